The van der Waals surface area contributed by atoms with Crippen LogP contribution in [0.4, 0.5) is 13.2 Å². The molecule has 0 saturated carbocycles. The number of carbonyl (C=O) groups is 1. The standard InChI is InChI=1S/C13H12F2N2O.C11H14FNOS.CH2O/c14-13(15)18-11-3-1-10(2-4-11)12-7-9(8-16)5-6-17-12;1-9-3-2-8-13(9)15(14)11-6-4-10(12)5-7-11;1-2/h1-7,13H,8,16H2;4-7,9H,2-3,8H2,1H3;1H2. The summed E-state index contributed by atoms with van der Waals surface area (Å²) in [5, 5.41) is 0. The molecule has 2 heterocycles. The average Bonchev–Trinajstić information content (AvgIpc) is 3.31. The van der Waals surface area contributed by atoms with E-state index in [0.29, 0.717) is 17.5 Å². The van der Waals surface area contributed by atoms with Crippen LogP contribution in [0.1, 0.15) is 25.3 Å². The van der Waals surface area contributed by atoms with Crippen LogP contribution in [-0.2, 0) is 22.3 Å². The molecule has 10 heteroatoms. The van der Waals surface area contributed by atoms with E-state index in [2.05, 4.69) is 16.6 Å². The Labute approximate surface area is 205 Å². The Morgan fingerprint density at radius 3 is 2.34 bits per heavy atom. The number of carbonyl (C=O) groups excluding carboxylic acids is 1. The van der Waals surface area contributed by atoms with Crippen molar-refractivity contribution in [2.45, 2.75) is 43.9 Å². The molecule has 4 rings (SSSR count). The summed E-state index contributed by atoms with van der Waals surface area (Å²) in [5.74, 6) is -0.158. The van der Waals surface area contributed by atoms with Gasteiger partial charge in [0.25, 0.3) is 0 Å². The third kappa shape index (κ3) is 8.57. The number of hydrogen-bond acceptors (Lipinski definition) is 5. The largest absolute Gasteiger partial charge is 0.435 e. The second-order valence-electron chi connectivity index (χ2n) is 7.49. The summed E-state index contributed by atoms with van der Waals surface area (Å²) < 4.78 is 55.0. The first-order valence-electron chi connectivity index (χ1n) is 10.8. The molecule has 188 valence electrons. The van der Waals surface area contributed by atoms with Gasteiger partial charge in [-0.3, -0.25) is 4.98 Å². The molecule has 2 unspecified atom stereocenters. The first kappa shape index (κ1) is 28.2. The zero-order chi connectivity index (χ0) is 25.8. The minimum absolute atomic E-state index is 0.128. The van der Waals surface area contributed by atoms with Gasteiger partial charge in [-0.25, -0.2) is 12.9 Å². The molecule has 1 aliphatic rings. The number of aromatic nitrogens is 1. The fraction of sp³-hybridized carbons (Fsp3) is 0.280. The van der Waals surface area contributed by atoms with Gasteiger partial charge in [0.05, 0.1) is 10.6 Å². The topological polar surface area (TPSA) is 85.5 Å². The van der Waals surface area contributed by atoms with E-state index in [-0.39, 0.29) is 11.6 Å². The summed E-state index contributed by atoms with van der Waals surface area (Å²) in [6, 6.07) is 16.3. The summed E-state index contributed by atoms with van der Waals surface area (Å²) in [6.07, 6.45) is 3.85. The van der Waals surface area contributed by atoms with Crippen LogP contribution in [0.2, 0.25) is 0 Å². The highest BCUT2D eigenvalue weighted by atomic mass is 32.2. The number of pyridine rings is 1. The Morgan fingerprint density at radius 1 is 1.14 bits per heavy atom. The lowest BCUT2D eigenvalue weighted by Crippen LogP contribution is -2.28. The smallest absolute Gasteiger partial charge is 0.387 e. The average molecular weight is 508 g/mol. The number of nitrogens with zero attached hydrogens (tertiary/aromatic N) is 2. The lowest BCUT2D eigenvalue weighted by molar-refractivity contribution is -0.0980. The second-order valence-corrected chi connectivity index (χ2v) is 8.93. The molecule has 0 radical (unpaired) electrons. The maximum Gasteiger partial charge on any atom is 0.387 e. The molecule has 1 aromatic heterocycles. The first-order valence-corrected chi connectivity index (χ1v) is 11.9. The molecule has 1 aliphatic heterocycles. The van der Waals surface area contributed by atoms with Crippen molar-refractivity contribution in [2.75, 3.05) is 6.54 Å². The van der Waals surface area contributed by atoms with Gasteiger partial charge in [0, 0.05) is 30.9 Å². The number of alkyl halides is 2. The Bertz CT molecular complexity index is 1070. The maximum absolute atomic E-state index is 12.7. The molecule has 0 amide bonds. The van der Waals surface area contributed by atoms with Crippen molar-refractivity contribution >= 4 is 17.8 Å². The highest BCUT2D eigenvalue weighted by molar-refractivity contribution is 7.82. The van der Waals surface area contributed by atoms with Crippen LogP contribution >= 0.6 is 0 Å². The van der Waals surface area contributed by atoms with Crippen LogP contribution in [0.5, 0.6) is 5.75 Å². The number of hydrogen-bond donors (Lipinski definition) is 1. The first-order chi connectivity index (χ1) is 16.9. The monoisotopic (exact) mass is 507 g/mol. The lowest BCUT2D eigenvalue weighted by Gasteiger charge is -2.19. The molecule has 2 aromatic carbocycles. The maximum atomic E-state index is 12.7. The van der Waals surface area contributed by atoms with Crippen LogP contribution in [0, 0.1) is 5.82 Å². The van der Waals surface area contributed by atoms with Crippen molar-refractivity contribution < 1.29 is 26.9 Å². The Kier molecular flexibility index (Phi) is 11.5. The van der Waals surface area contributed by atoms with Crippen LogP contribution in [-0.4, -0.2) is 39.5 Å². The van der Waals surface area contributed by atoms with Gasteiger partial charge >= 0.3 is 6.61 Å². The molecule has 2 N–H and O–H groups in total. The van der Waals surface area contributed by atoms with Gasteiger partial charge in [0.2, 0.25) is 0 Å². The summed E-state index contributed by atoms with van der Waals surface area (Å²) >= 11 is 0. The van der Waals surface area contributed by atoms with Gasteiger partial charge in [0.15, 0.2) is 0 Å². The van der Waals surface area contributed by atoms with Gasteiger partial charge in [-0.2, -0.15) is 8.78 Å². The fourth-order valence-corrected chi connectivity index (χ4v) is 4.77. The number of nitrogens with two attached hydrogens (primary N) is 1. The van der Waals surface area contributed by atoms with Crippen LogP contribution in [0.15, 0.2) is 71.8 Å². The van der Waals surface area contributed by atoms with Gasteiger partial charge in [-0.05, 0) is 86.0 Å². The molecule has 3 aromatic rings. The van der Waals surface area contributed by atoms with E-state index in [1.54, 1.807) is 30.5 Å². The van der Waals surface area contributed by atoms with Gasteiger partial charge in [-0.1, -0.05) is 0 Å². The molecular formula is C25H28F3N3O3S. The zero-order valence-electron chi connectivity index (χ0n) is 19.3. The normalized spacial score (nSPS) is 16.0. The Morgan fingerprint density at radius 2 is 1.80 bits per heavy atom. The van der Waals surface area contributed by atoms with Crippen molar-refractivity contribution in [3.63, 3.8) is 0 Å². The third-order valence-corrected chi connectivity index (χ3v) is 6.80. The SMILES string of the molecule is C=O.CC1CCCN1S(=O)c1ccc(F)cc1.NCc1ccnc(-c2ccc(OC(F)F)cc2)c1. The lowest BCUT2D eigenvalue weighted by atomic mass is 10.1. The molecule has 2 atom stereocenters. The molecule has 0 aliphatic carbocycles. The summed E-state index contributed by atoms with van der Waals surface area (Å²) in [7, 11) is -1.13. The predicted molar refractivity (Wildman–Crippen MR) is 130 cm³/mol. The van der Waals surface area contributed by atoms with E-state index >= 15 is 0 Å². The van der Waals surface area contributed by atoms with Crippen molar-refractivity contribution in [3.8, 4) is 17.0 Å². The van der Waals surface area contributed by atoms with Gasteiger partial charge in [0.1, 0.15) is 29.3 Å². The van der Waals surface area contributed by atoms with Crippen molar-refractivity contribution in [3.05, 3.63) is 78.2 Å². The number of halogens is 3. The van der Waals surface area contributed by atoms with E-state index in [4.69, 9.17) is 10.5 Å². The van der Waals surface area contributed by atoms with E-state index in [1.807, 2.05) is 23.2 Å². The summed E-state index contributed by atoms with van der Waals surface area (Å²) in [6.45, 7) is 2.57. The van der Waals surface area contributed by atoms with Gasteiger partial charge < -0.3 is 15.3 Å². The van der Waals surface area contributed by atoms with Crippen molar-refractivity contribution in [2.24, 2.45) is 5.73 Å². The van der Waals surface area contributed by atoms with Gasteiger partial charge in [-0.15, -0.1) is 0 Å². The molecular weight excluding hydrogens is 479 g/mol. The summed E-state index contributed by atoms with van der Waals surface area (Å²) in [5.41, 5.74) is 8.09. The van der Waals surface area contributed by atoms with E-state index in [1.165, 1.54) is 24.3 Å². The highest BCUT2D eigenvalue weighted by Gasteiger charge is 2.26. The Balaban J connectivity index is 0.000000234. The van der Waals surface area contributed by atoms with Crippen molar-refractivity contribution in [1.29, 1.82) is 0 Å². The van der Waals surface area contributed by atoms with E-state index in [9.17, 15) is 17.4 Å². The van der Waals surface area contributed by atoms with Crippen LogP contribution in [0.25, 0.3) is 11.3 Å². The highest BCUT2D eigenvalue weighted by Crippen LogP contribution is 2.23. The molecule has 0 spiro atoms. The summed E-state index contributed by atoms with van der Waals surface area (Å²) in [4.78, 5) is 12.9. The molecule has 1 fully saturated rings. The predicted octanol–water partition coefficient (Wildman–Crippen LogP) is 4.96. The molecule has 0 bridgehead atoms. The van der Waals surface area contributed by atoms with Crippen LogP contribution in [0.3, 0.4) is 0 Å². The molecule has 6 nitrogen and oxygen atoms in total. The fourth-order valence-electron chi connectivity index (χ4n) is 3.41. The molecule has 35 heavy (non-hydrogen) atoms. The van der Waals surface area contributed by atoms with E-state index in [0.717, 1.165) is 36.2 Å². The minimum atomic E-state index is -2.81. The number of benzene rings is 2. The van der Waals surface area contributed by atoms with E-state index < -0.39 is 17.6 Å². The second kappa shape index (κ2) is 14.3. The van der Waals surface area contributed by atoms with Crippen molar-refractivity contribution in [1.82, 2.24) is 9.29 Å². The van der Waals surface area contributed by atoms with Crippen LogP contribution < -0.4 is 10.5 Å². The third-order valence-electron chi connectivity index (χ3n) is 5.16. The molecule has 1 saturated heterocycles. The quantitative estimate of drug-likeness (QED) is 0.510. The number of rotatable bonds is 6. The number of ether oxygens (including phenoxy) is 1. The Hall–Kier alpha value is -3.08. The zero-order valence-corrected chi connectivity index (χ0v) is 20.1. The minimum Gasteiger partial charge on any atom is -0.435 e.